The third-order valence-electron chi connectivity index (χ3n) is 5.40. The lowest BCUT2D eigenvalue weighted by molar-refractivity contribution is -0.144. The molecule has 198 valence electrons. The van der Waals surface area contributed by atoms with Gasteiger partial charge in [0.1, 0.15) is 18.1 Å². The van der Waals surface area contributed by atoms with Crippen molar-refractivity contribution in [2.75, 3.05) is 19.7 Å². The lowest BCUT2D eigenvalue weighted by Gasteiger charge is -2.13. The zero-order chi connectivity index (χ0) is 27.2. The smallest absolute Gasteiger partial charge is 0.270 e. The molecule has 3 amide bonds. The summed E-state index contributed by atoms with van der Waals surface area (Å²) < 4.78 is 6.07. The van der Waals surface area contributed by atoms with E-state index in [2.05, 4.69) is 27.5 Å². The average Bonchev–Trinajstić information content (AvgIpc) is 2.94. The first kappa shape index (κ1) is 28.5. The van der Waals surface area contributed by atoms with Crippen LogP contribution in [0.2, 0.25) is 0 Å². The standard InChI is InChI=1S/C28H30N4O5S/c1-2-3-19-37-22-12-14-23(15-13-22)38-32(36)26(34)11-5-4-8-17-29-25(33)20-31-28(35)27-24-10-7-6-9-21(24)16-18-30-27/h6-7,9-10,12-16,18,36H,4-5,8,11,17,19-20H2,1H3,(H,29,33)(H,31,35). The molecule has 3 aromatic rings. The van der Waals surface area contributed by atoms with E-state index < -0.39 is 11.8 Å². The minimum absolute atomic E-state index is 0.154. The summed E-state index contributed by atoms with van der Waals surface area (Å²) in [7, 11) is 0. The molecule has 1 heterocycles. The summed E-state index contributed by atoms with van der Waals surface area (Å²) >= 11 is 0.927. The van der Waals surface area contributed by atoms with Crippen molar-refractivity contribution in [3.8, 4) is 17.6 Å². The molecule has 0 aliphatic rings. The highest BCUT2D eigenvalue weighted by Crippen LogP contribution is 2.24. The summed E-state index contributed by atoms with van der Waals surface area (Å²) in [6.07, 6.45) is 3.68. The number of nitrogens with zero attached hydrogens (tertiary/aromatic N) is 2. The maximum atomic E-state index is 12.5. The first-order valence-electron chi connectivity index (χ1n) is 12.2. The van der Waals surface area contributed by atoms with Gasteiger partial charge in [0.2, 0.25) is 5.91 Å². The van der Waals surface area contributed by atoms with Gasteiger partial charge in [-0.2, -0.15) is 4.47 Å². The molecule has 0 aliphatic heterocycles. The van der Waals surface area contributed by atoms with E-state index in [1.165, 1.54) is 0 Å². The number of amides is 3. The van der Waals surface area contributed by atoms with Crippen LogP contribution in [0.15, 0.2) is 65.7 Å². The molecule has 9 nitrogen and oxygen atoms in total. The zero-order valence-corrected chi connectivity index (χ0v) is 21.9. The Labute approximate surface area is 226 Å². The average molecular weight is 535 g/mol. The molecule has 0 aliphatic carbocycles. The fourth-order valence-corrected chi connectivity index (χ4v) is 4.10. The Hall–Kier alpha value is -4.07. The fraction of sp³-hybridized carbons (Fsp3) is 0.286. The number of benzene rings is 2. The lowest BCUT2D eigenvalue weighted by Crippen LogP contribution is -2.37. The van der Waals surface area contributed by atoms with Crippen molar-refractivity contribution in [3.63, 3.8) is 0 Å². The van der Waals surface area contributed by atoms with Crippen molar-refractivity contribution in [1.82, 2.24) is 20.1 Å². The van der Waals surface area contributed by atoms with Gasteiger partial charge in [-0.05, 0) is 55.5 Å². The largest absolute Gasteiger partial charge is 0.481 e. The first-order valence-corrected chi connectivity index (χ1v) is 13.0. The quantitative estimate of drug-likeness (QED) is 0.0998. The van der Waals surface area contributed by atoms with Crippen molar-refractivity contribution in [3.05, 3.63) is 66.5 Å². The number of unbranched alkanes of at least 4 members (excludes halogenated alkanes) is 2. The number of hydrogen-bond acceptors (Lipinski definition) is 7. The molecule has 0 fully saturated rings. The van der Waals surface area contributed by atoms with Gasteiger partial charge in [0, 0.05) is 41.4 Å². The third kappa shape index (κ3) is 9.10. The van der Waals surface area contributed by atoms with E-state index >= 15 is 0 Å². The number of ether oxygens (including phenoxy) is 1. The molecule has 0 atom stereocenters. The molecule has 0 saturated heterocycles. The van der Waals surface area contributed by atoms with Gasteiger partial charge in [-0.15, -0.1) is 5.92 Å². The molecule has 0 bridgehead atoms. The van der Waals surface area contributed by atoms with E-state index in [4.69, 9.17) is 4.74 Å². The summed E-state index contributed by atoms with van der Waals surface area (Å²) in [6, 6.07) is 16.2. The molecular weight excluding hydrogens is 504 g/mol. The maximum absolute atomic E-state index is 12.5. The van der Waals surface area contributed by atoms with E-state index in [0.717, 1.165) is 22.7 Å². The minimum Gasteiger partial charge on any atom is -0.481 e. The van der Waals surface area contributed by atoms with Crippen LogP contribution in [-0.2, 0) is 9.59 Å². The topological polar surface area (TPSA) is 121 Å². The van der Waals surface area contributed by atoms with Crippen molar-refractivity contribution in [2.24, 2.45) is 0 Å². The number of carbonyl (C=O) groups is 3. The second kappa shape index (κ2) is 15.2. The Kier molecular flexibility index (Phi) is 11.4. The molecule has 1 aromatic heterocycles. The van der Waals surface area contributed by atoms with E-state index in [0.29, 0.717) is 47.5 Å². The predicted octanol–water partition coefficient (Wildman–Crippen LogP) is 3.97. The van der Waals surface area contributed by atoms with Crippen LogP contribution in [0.1, 0.15) is 43.1 Å². The number of fused-ring (bicyclic) bond motifs is 1. The first-order chi connectivity index (χ1) is 18.5. The van der Waals surface area contributed by atoms with Gasteiger partial charge in [0.25, 0.3) is 11.8 Å². The third-order valence-corrected chi connectivity index (χ3v) is 6.26. The number of pyridine rings is 1. The Balaban J connectivity index is 1.27. The Morgan fingerprint density at radius 2 is 1.82 bits per heavy atom. The van der Waals surface area contributed by atoms with Crippen molar-refractivity contribution in [1.29, 1.82) is 0 Å². The highest BCUT2D eigenvalue weighted by Gasteiger charge is 2.14. The van der Waals surface area contributed by atoms with E-state index in [1.807, 2.05) is 30.3 Å². The number of carbonyl (C=O) groups excluding carboxylic acids is 3. The number of hydrogen-bond donors (Lipinski definition) is 3. The maximum Gasteiger partial charge on any atom is 0.270 e. The van der Waals surface area contributed by atoms with Crippen molar-refractivity contribution >= 4 is 40.4 Å². The summed E-state index contributed by atoms with van der Waals surface area (Å²) in [6.45, 7) is 2.31. The second-order valence-electron chi connectivity index (χ2n) is 8.17. The van der Waals surface area contributed by atoms with Crippen LogP contribution in [0.25, 0.3) is 10.8 Å². The van der Waals surface area contributed by atoms with Crippen molar-refractivity contribution in [2.45, 2.75) is 37.5 Å². The molecule has 10 heteroatoms. The normalized spacial score (nSPS) is 10.3. The monoisotopic (exact) mass is 534 g/mol. The van der Waals surface area contributed by atoms with Crippen LogP contribution in [0.3, 0.4) is 0 Å². The van der Waals surface area contributed by atoms with Gasteiger partial charge < -0.3 is 15.4 Å². The Bertz CT molecular complexity index is 1300. The number of rotatable bonds is 13. The van der Waals surface area contributed by atoms with Gasteiger partial charge in [-0.1, -0.05) is 36.6 Å². The molecule has 2 aromatic carbocycles. The van der Waals surface area contributed by atoms with Crippen molar-refractivity contribution < 1.29 is 24.3 Å². The van der Waals surface area contributed by atoms with Crippen LogP contribution in [0, 0.1) is 11.8 Å². The molecule has 3 rings (SSSR count). The van der Waals surface area contributed by atoms with Crippen LogP contribution in [0.4, 0.5) is 0 Å². The van der Waals surface area contributed by atoms with E-state index in [1.54, 1.807) is 37.4 Å². The molecular formula is C28H30N4O5S. The number of nitrogens with one attached hydrogen (secondary N) is 2. The summed E-state index contributed by atoms with van der Waals surface area (Å²) in [4.78, 5) is 41.5. The number of aromatic nitrogens is 1. The Morgan fingerprint density at radius 3 is 2.61 bits per heavy atom. The van der Waals surface area contributed by atoms with Crippen LogP contribution in [0.5, 0.6) is 5.75 Å². The molecule has 0 spiro atoms. The molecule has 0 radical (unpaired) electrons. The van der Waals surface area contributed by atoms with Gasteiger partial charge in [-0.3, -0.25) is 24.6 Å². The van der Waals surface area contributed by atoms with Crippen LogP contribution >= 0.6 is 11.9 Å². The van der Waals surface area contributed by atoms with Gasteiger partial charge >= 0.3 is 0 Å². The summed E-state index contributed by atoms with van der Waals surface area (Å²) in [5.41, 5.74) is 0.278. The lowest BCUT2D eigenvalue weighted by atomic mass is 10.1. The SMILES string of the molecule is CC#CCOc1ccc(SN(O)C(=O)CCCCCNC(=O)CNC(=O)c2nccc3ccccc23)cc1. The van der Waals surface area contributed by atoms with Crippen LogP contribution in [-0.4, -0.2) is 52.1 Å². The molecule has 3 N–H and O–H groups in total. The van der Waals surface area contributed by atoms with Crippen LogP contribution < -0.4 is 15.4 Å². The molecule has 0 unspecified atom stereocenters. The number of hydroxylamine groups is 1. The zero-order valence-electron chi connectivity index (χ0n) is 21.1. The fourth-order valence-electron chi connectivity index (χ4n) is 3.45. The Morgan fingerprint density at radius 1 is 1.03 bits per heavy atom. The summed E-state index contributed by atoms with van der Waals surface area (Å²) in [5.74, 6) is 5.10. The second-order valence-corrected chi connectivity index (χ2v) is 9.17. The summed E-state index contributed by atoms with van der Waals surface area (Å²) in [5, 5.41) is 17.0. The minimum atomic E-state index is -0.409. The van der Waals surface area contributed by atoms with E-state index in [-0.39, 0.29) is 24.6 Å². The highest BCUT2D eigenvalue weighted by molar-refractivity contribution is 7.97. The predicted molar refractivity (Wildman–Crippen MR) is 145 cm³/mol. The van der Waals surface area contributed by atoms with E-state index in [9.17, 15) is 19.6 Å². The molecule has 0 saturated carbocycles. The van der Waals surface area contributed by atoms with Gasteiger partial charge in [-0.25, -0.2) is 0 Å². The highest BCUT2D eigenvalue weighted by atomic mass is 32.2. The van der Waals surface area contributed by atoms with Gasteiger partial charge in [0.15, 0.2) is 0 Å². The molecule has 38 heavy (non-hydrogen) atoms. The van der Waals surface area contributed by atoms with Gasteiger partial charge in [0.05, 0.1) is 6.54 Å².